The summed E-state index contributed by atoms with van der Waals surface area (Å²) in [4.78, 5) is -0.0113. The van der Waals surface area contributed by atoms with Crippen LogP contribution in [0.3, 0.4) is 0 Å². The molecule has 0 aliphatic carbocycles. The summed E-state index contributed by atoms with van der Waals surface area (Å²) in [5.74, 6) is 0. The molecule has 0 bridgehead atoms. The standard InChI is InChI=1S/C12H11BrN2O4S2/c13-12-7-10(21(15,18)19)5-6-11(12)8-1-3-9(4-2-8)20(14,16)17/h1-7H,(H2,14,16,17)(H2,15,18,19). The zero-order valence-electron chi connectivity index (χ0n) is 10.5. The second-order valence-electron chi connectivity index (χ2n) is 4.26. The third-order valence-corrected chi connectivity index (χ3v) is 5.26. The molecule has 2 aromatic rings. The van der Waals surface area contributed by atoms with Crippen LogP contribution >= 0.6 is 15.9 Å². The van der Waals surface area contributed by atoms with Gasteiger partial charge in [0.1, 0.15) is 0 Å². The molecule has 4 N–H and O–H groups in total. The maximum Gasteiger partial charge on any atom is 0.238 e. The van der Waals surface area contributed by atoms with Gasteiger partial charge >= 0.3 is 0 Å². The topological polar surface area (TPSA) is 120 Å². The van der Waals surface area contributed by atoms with E-state index in [2.05, 4.69) is 15.9 Å². The molecule has 0 unspecified atom stereocenters. The second kappa shape index (κ2) is 5.50. The molecule has 0 heterocycles. The van der Waals surface area contributed by atoms with Gasteiger partial charge in [0.25, 0.3) is 0 Å². The quantitative estimate of drug-likeness (QED) is 0.822. The first-order chi connectivity index (χ1) is 9.59. The summed E-state index contributed by atoms with van der Waals surface area (Å²) >= 11 is 3.27. The lowest BCUT2D eigenvalue weighted by Gasteiger charge is -2.07. The average molecular weight is 391 g/mol. The van der Waals surface area contributed by atoms with Crippen molar-refractivity contribution in [2.24, 2.45) is 10.3 Å². The van der Waals surface area contributed by atoms with E-state index in [0.29, 0.717) is 15.6 Å². The molecule has 0 fully saturated rings. The Hall–Kier alpha value is -1.26. The Morgan fingerprint density at radius 2 is 1.24 bits per heavy atom. The number of hydrogen-bond acceptors (Lipinski definition) is 4. The number of nitrogens with two attached hydrogens (primary N) is 2. The van der Waals surface area contributed by atoms with Crippen molar-refractivity contribution in [3.63, 3.8) is 0 Å². The Balaban J connectivity index is 2.48. The first-order valence-corrected chi connectivity index (χ1v) is 9.43. The molecule has 0 aliphatic rings. The van der Waals surface area contributed by atoms with E-state index in [1.165, 1.54) is 24.3 Å². The molecule has 2 aromatic carbocycles. The van der Waals surface area contributed by atoms with E-state index in [4.69, 9.17) is 10.3 Å². The highest BCUT2D eigenvalue weighted by Gasteiger charge is 2.12. The number of sulfonamides is 2. The fourth-order valence-corrected chi connectivity index (χ4v) is 3.55. The monoisotopic (exact) mass is 390 g/mol. The Morgan fingerprint density at radius 3 is 1.67 bits per heavy atom. The molecule has 6 nitrogen and oxygen atoms in total. The fourth-order valence-electron chi connectivity index (χ4n) is 1.73. The highest BCUT2D eigenvalue weighted by molar-refractivity contribution is 9.10. The molecule has 21 heavy (non-hydrogen) atoms. The molecule has 0 atom stereocenters. The van der Waals surface area contributed by atoms with Gasteiger partial charge < -0.3 is 0 Å². The van der Waals surface area contributed by atoms with E-state index in [9.17, 15) is 16.8 Å². The van der Waals surface area contributed by atoms with E-state index in [-0.39, 0.29) is 9.79 Å². The van der Waals surface area contributed by atoms with Crippen LogP contribution in [0.15, 0.2) is 56.7 Å². The highest BCUT2D eigenvalue weighted by atomic mass is 79.9. The van der Waals surface area contributed by atoms with Gasteiger partial charge in [-0.1, -0.05) is 34.1 Å². The number of hydrogen-bond donors (Lipinski definition) is 2. The van der Waals surface area contributed by atoms with Crippen LogP contribution in [-0.2, 0) is 20.0 Å². The Labute approximate surface area is 131 Å². The Kier molecular flexibility index (Phi) is 4.22. The predicted molar refractivity (Wildman–Crippen MR) is 82.3 cm³/mol. The zero-order valence-corrected chi connectivity index (χ0v) is 13.7. The van der Waals surface area contributed by atoms with Crippen LogP contribution in [0.5, 0.6) is 0 Å². The largest absolute Gasteiger partial charge is 0.238 e. The van der Waals surface area contributed by atoms with Gasteiger partial charge in [0.15, 0.2) is 0 Å². The van der Waals surface area contributed by atoms with E-state index in [1.54, 1.807) is 18.2 Å². The summed E-state index contributed by atoms with van der Waals surface area (Å²) < 4.78 is 45.4. The first kappa shape index (κ1) is 16.1. The van der Waals surface area contributed by atoms with Crippen molar-refractivity contribution in [1.29, 1.82) is 0 Å². The normalized spacial score (nSPS) is 12.3. The van der Waals surface area contributed by atoms with Gasteiger partial charge in [0.2, 0.25) is 20.0 Å². The van der Waals surface area contributed by atoms with Crippen LogP contribution in [0, 0.1) is 0 Å². The van der Waals surface area contributed by atoms with E-state index in [0.717, 1.165) is 0 Å². The van der Waals surface area contributed by atoms with Gasteiger partial charge in [-0.15, -0.1) is 0 Å². The second-order valence-corrected chi connectivity index (χ2v) is 8.23. The van der Waals surface area contributed by atoms with Crippen LogP contribution in [0.1, 0.15) is 0 Å². The van der Waals surface area contributed by atoms with Gasteiger partial charge in [0, 0.05) is 4.47 Å². The smallest absolute Gasteiger partial charge is 0.225 e. The zero-order chi connectivity index (χ0) is 15.8. The SMILES string of the molecule is NS(=O)(=O)c1ccc(-c2ccc(S(N)(=O)=O)cc2Br)cc1. The lowest BCUT2D eigenvalue weighted by molar-refractivity contribution is 0.596. The summed E-state index contributed by atoms with van der Waals surface area (Å²) in [5.41, 5.74) is 1.40. The molecular weight excluding hydrogens is 380 g/mol. The molecule has 0 spiro atoms. The summed E-state index contributed by atoms with van der Waals surface area (Å²) in [7, 11) is -7.52. The number of benzene rings is 2. The van der Waals surface area contributed by atoms with Crippen molar-refractivity contribution in [3.05, 3.63) is 46.9 Å². The summed E-state index contributed by atoms with van der Waals surface area (Å²) in [6, 6.07) is 10.3. The minimum Gasteiger partial charge on any atom is -0.225 e. The summed E-state index contributed by atoms with van der Waals surface area (Å²) in [5, 5.41) is 10.1. The van der Waals surface area contributed by atoms with Crippen molar-refractivity contribution in [1.82, 2.24) is 0 Å². The lowest BCUT2D eigenvalue weighted by Crippen LogP contribution is -2.12. The van der Waals surface area contributed by atoms with Crippen molar-refractivity contribution in [3.8, 4) is 11.1 Å². The average Bonchev–Trinajstić information content (AvgIpc) is 2.36. The molecule has 0 aromatic heterocycles. The lowest BCUT2D eigenvalue weighted by atomic mass is 10.1. The molecule has 2 rings (SSSR count). The number of rotatable bonds is 3. The van der Waals surface area contributed by atoms with Crippen molar-refractivity contribution < 1.29 is 16.8 Å². The number of primary sulfonamides is 2. The molecule has 0 saturated heterocycles. The van der Waals surface area contributed by atoms with E-state index >= 15 is 0 Å². The van der Waals surface area contributed by atoms with Crippen LogP contribution in [0.2, 0.25) is 0 Å². The molecule has 0 saturated carbocycles. The molecule has 0 aliphatic heterocycles. The van der Waals surface area contributed by atoms with Crippen molar-refractivity contribution in [2.45, 2.75) is 9.79 Å². The van der Waals surface area contributed by atoms with E-state index < -0.39 is 20.0 Å². The molecular formula is C12H11BrN2O4S2. The highest BCUT2D eigenvalue weighted by Crippen LogP contribution is 2.30. The van der Waals surface area contributed by atoms with Gasteiger partial charge in [0.05, 0.1) is 9.79 Å². The van der Waals surface area contributed by atoms with Gasteiger partial charge in [-0.05, 0) is 35.4 Å². The summed E-state index contributed by atoms with van der Waals surface area (Å²) in [6.45, 7) is 0. The Bertz CT molecular complexity index is 891. The van der Waals surface area contributed by atoms with E-state index in [1.807, 2.05) is 0 Å². The molecule has 0 radical (unpaired) electrons. The van der Waals surface area contributed by atoms with Crippen molar-refractivity contribution in [2.75, 3.05) is 0 Å². The third-order valence-electron chi connectivity index (χ3n) is 2.76. The van der Waals surface area contributed by atoms with Crippen molar-refractivity contribution >= 4 is 36.0 Å². The Morgan fingerprint density at radius 1 is 0.762 bits per heavy atom. The van der Waals surface area contributed by atoms with Crippen LogP contribution in [0.4, 0.5) is 0 Å². The summed E-state index contributed by atoms with van der Waals surface area (Å²) in [6.07, 6.45) is 0. The van der Waals surface area contributed by atoms with Gasteiger partial charge in [-0.3, -0.25) is 0 Å². The van der Waals surface area contributed by atoms with Gasteiger partial charge in [-0.25, -0.2) is 27.1 Å². The van der Waals surface area contributed by atoms with Crippen LogP contribution in [-0.4, -0.2) is 16.8 Å². The third kappa shape index (κ3) is 3.69. The molecule has 9 heteroatoms. The first-order valence-electron chi connectivity index (χ1n) is 5.54. The minimum atomic E-state index is -3.78. The minimum absolute atomic E-state index is 0.00327. The predicted octanol–water partition coefficient (Wildman–Crippen LogP) is 1.41. The van der Waals surface area contributed by atoms with Crippen LogP contribution in [0.25, 0.3) is 11.1 Å². The fraction of sp³-hybridized carbons (Fsp3) is 0. The van der Waals surface area contributed by atoms with Crippen LogP contribution < -0.4 is 10.3 Å². The molecule has 112 valence electrons. The number of halogens is 1. The molecule has 0 amide bonds. The van der Waals surface area contributed by atoms with Gasteiger partial charge in [-0.2, -0.15) is 0 Å². The maximum absolute atomic E-state index is 11.3. The maximum atomic E-state index is 11.3.